The Morgan fingerprint density at radius 2 is 1.93 bits per heavy atom. The van der Waals surface area contributed by atoms with Crippen molar-refractivity contribution in [3.63, 3.8) is 0 Å². The molecule has 3 heterocycles. The number of ether oxygens (including phenoxy) is 1. The van der Waals surface area contributed by atoms with E-state index in [1.54, 1.807) is 23.1 Å². The van der Waals surface area contributed by atoms with Crippen molar-refractivity contribution in [1.82, 2.24) is 14.3 Å². The minimum Gasteiger partial charge on any atom is -0.355 e. The van der Waals surface area contributed by atoms with Crippen molar-refractivity contribution in [1.29, 1.82) is 0 Å². The Balaban J connectivity index is 1.39. The molecule has 0 radical (unpaired) electrons. The first-order chi connectivity index (χ1) is 14.5. The van der Waals surface area contributed by atoms with Crippen molar-refractivity contribution in [2.75, 3.05) is 31.1 Å². The molecule has 160 valence electrons. The standard InChI is InChI=1S/C21H25FN4O3S/c22-19-15-25(20-23-14-16-6-4-5-9-18(16)24-20)11-10-21(19)26(12-13-29-21)30(27,28)17-7-2-1-3-8-17/h1-3,7-8,14,19H,4-6,9-13,15H2. The number of halogens is 1. The van der Waals surface area contributed by atoms with Gasteiger partial charge in [-0.05, 0) is 43.4 Å². The molecule has 0 amide bonds. The van der Waals surface area contributed by atoms with Crippen LogP contribution in [-0.2, 0) is 27.6 Å². The summed E-state index contributed by atoms with van der Waals surface area (Å²) >= 11 is 0. The Morgan fingerprint density at radius 1 is 1.13 bits per heavy atom. The second-order valence-electron chi connectivity index (χ2n) is 8.10. The van der Waals surface area contributed by atoms with E-state index in [2.05, 4.69) is 9.97 Å². The number of aryl methyl sites for hydroxylation is 2. The van der Waals surface area contributed by atoms with Gasteiger partial charge in [-0.25, -0.2) is 22.8 Å². The summed E-state index contributed by atoms with van der Waals surface area (Å²) in [5.41, 5.74) is 0.751. The number of sulfonamides is 1. The summed E-state index contributed by atoms with van der Waals surface area (Å²) in [6.45, 7) is 0.758. The van der Waals surface area contributed by atoms with Crippen molar-refractivity contribution in [3.8, 4) is 0 Å². The summed E-state index contributed by atoms with van der Waals surface area (Å²) in [4.78, 5) is 11.1. The molecule has 2 atom stereocenters. The highest BCUT2D eigenvalue weighted by atomic mass is 32.2. The summed E-state index contributed by atoms with van der Waals surface area (Å²) < 4.78 is 49.0. The number of anilines is 1. The number of hydrogen-bond acceptors (Lipinski definition) is 6. The molecule has 1 aliphatic carbocycles. The zero-order valence-corrected chi connectivity index (χ0v) is 17.5. The van der Waals surface area contributed by atoms with E-state index in [4.69, 9.17) is 4.74 Å². The van der Waals surface area contributed by atoms with Gasteiger partial charge in [-0.15, -0.1) is 0 Å². The quantitative estimate of drug-likeness (QED) is 0.741. The van der Waals surface area contributed by atoms with Crippen LogP contribution in [0.15, 0.2) is 41.4 Å². The smallest absolute Gasteiger partial charge is 0.245 e. The molecule has 2 aromatic rings. The van der Waals surface area contributed by atoms with Crippen LogP contribution in [0.2, 0.25) is 0 Å². The van der Waals surface area contributed by atoms with Crippen LogP contribution in [0.5, 0.6) is 0 Å². The number of hydrogen-bond donors (Lipinski definition) is 0. The second-order valence-corrected chi connectivity index (χ2v) is 9.96. The Labute approximate surface area is 175 Å². The minimum atomic E-state index is -3.86. The van der Waals surface area contributed by atoms with Crippen LogP contribution in [-0.4, -0.2) is 60.8 Å². The lowest BCUT2D eigenvalue weighted by molar-refractivity contribution is -0.116. The van der Waals surface area contributed by atoms with E-state index in [-0.39, 0.29) is 31.0 Å². The molecule has 2 unspecified atom stereocenters. The Morgan fingerprint density at radius 3 is 2.73 bits per heavy atom. The van der Waals surface area contributed by atoms with E-state index in [1.165, 1.54) is 22.0 Å². The third kappa shape index (κ3) is 3.19. The first-order valence-electron chi connectivity index (χ1n) is 10.5. The summed E-state index contributed by atoms with van der Waals surface area (Å²) in [6, 6.07) is 8.15. The number of alkyl halides is 1. The molecular weight excluding hydrogens is 407 g/mol. The Kier molecular flexibility index (Phi) is 4.99. The van der Waals surface area contributed by atoms with Gasteiger partial charge in [0.05, 0.1) is 18.0 Å². The molecule has 5 rings (SSSR count). The predicted octanol–water partition coefficient (Wildman–Crippen LogP) is 2.32. The van der Waals surface area contributed by atoms with Crippen LogP contribution in [0, 0.1) is 0 Å². The van der Waals surface area contributed by atoms with E-state index in [0.29, 0.717) is 12.5 Å². The van der Waals surface area contributed by atoms with Crippen LogP contribution >= 0.6 is 0 Å². The number of benzene rings is 1. The topological polar surface area (TPSA) is 75.6 Å². The molecule has 2 saturated heterocycles. The first-order valence-corrected chi connectivity index (χ1v) is 11.9. The van der Waals surface area contributed by atoms with E-state index < -0.39 is 21.9 Å². The van der Waals surface area contributed by atoms with Crippen molar-refractivity contribution in [2.45, 2.75) is 48.9 Å². The fraction of sp³-hybridized carbons (Fsp3) is 0.524. The van der Waals surface area contributed by atoms with Gasteiger partial charge in [0, 0.05) is 31.4 Å². The maximum Gasteiger partial charge on any atom is 0.245 e. The fourth-order valence-corrected chi connectivity index (χ4v) is 6.47. The van der Waals surface area contributed by atoms with Crippen LogP contribution in [0.1, 0.15) is 30.5 Å². The molecule has 0 bridgehead atoms. The maximum atomic E-state index is 15.6. The molecule has 7 nitrogen and oxygen atoms in total. The number of piperidine rings is 1. The average molecular weight is 433 g/mol. The molecule has 0 saturated carbocycles. The third-order valence-corrected chi connectivity index (χ3v) is 8.28. The number of rotatable bonds is 3. The first kappa shape index (κ1) is 19.8. The van der Waals surface area contributed by atoms with Gasteiger partial charge in [-0.3, -0.25) is 0 Å². The highest BCUT2D eigenvalue weighted by Gasteiger charge is 2.57. The molecule has 9 heteroatoms. The summed E-state index contributed by atoms with van der Waals surface area (Å²) in [6.07, 6.45) is 4.74. The van der Waals surface area contributed by atoms with E-state index in [0.717, 1.165) is 31.4 Å². The SMILES string of the molecule is O=S(=O)(c1ccccc1)N1CCOC12CCN(c1ncc3c(n1)CCCC3)CC2F. The van der Waals surface area contributed by atoms with Crippen LogP contribution in [0.4, 0.5) is 10.3 Å². The number of nitrogens with zero attached hydrogens (tertiary/aromatic N) is 4. The molecule has 2 fully saturated rings. The largest absolute Gasteiger partial charge is 0.355 e. The molecule has 30 heavy (non-hydrogen) atoms. The van der Waals surface area contributed by atoms with Gasteiger partial charge in [0.25, 0.3) is 0 Å². The zero-order valence-electron chi connectivity index (χ0n) is 16.7. The highest BCUT2D eigenvalue weighted by molar-refractivity contribution is 7.89. The van der Waals surface area contributed by atoms with Crippen molar-refractivity contribution < 1.29 is 17.5 Å². The zero-order chi connectivity index (χ0) is 20.8. The number of aromatic nitrogens is 2. The van der Waals surface area contributed by atoms with Gasteiger partial charge in [0.2, 0.25) is 16.0 Å². The van der Waals surface area contributed by atoms with E-state index in [1.807, 2.05) is 6.20 Å². The van der Waals surface area contributed by atoms with Gasteiger partial charge < -0.3 is 9.64 Å². The van der Waals surface area contributed by atoms with Gasteiger partial charge in [-0.1, -0.05) is 18.2 Å². The van der Waals surface area contributed by atoms with E-state index in [9.17, 15) is 8.42 Å². The molecule has 1 aromatic carbocycles. The molecule has 1 spiro atoms. The van der Waals surface area contributed by atoms with E-state index >= 15 is 4.39 Å². The van der Waals surface area contributed by atoms with Crippen LogP contribution < -0.4 is 4.90 Å². The monoisotopic (exact) mass is 432 g/mol. The van der Waals surface area contributed by atoms with Crippen LogP contribution in [0.25, 0.3) is 0 Å². The third-order valence-electron chi connectivity index (χ3n) is 6.34. The number of fused-ring (bicyclic) bond motifs is 1. The molecular formula is C21H25FN4O3S. The van der Waals surface area contributed by atoms with Crippen molar-refractivity contribution >= 4 is 16.0 Å². The van der Waals surface area contributed by atoms with Crippen molar-refractivity contribution in [2.24, 2.45) is 0 Å². The van der Waals surface area contributed by atoms with Gasteiger partial charge >= 0.3 is 0 Å². The van der Waals surface area contributed by atoms with Crippen LogP contribution in [0.3, 0.4) is 0 Å². The molecule has 3 aliphatic rings. The Bertz CT molecular complexity index is 1040. The lowest BCUT2D eigenvalue weighted by Crippen LogP contribution is -2.62. The van der Waals surface area contributed by atoms with Gasteiger partial charge in [0.1, 0.15) is 0 Å². The molecule has 0 N–H and O–H groups in total. The van der Waals surface area contributed by atoms with Gasteiger partial charge in [-0.2, -0.15) is 4.31 Å². The minimum absolute atomic E-state index is 0.000400. The van der Waals surface area contributed by atoms with Crippen molar-refractivity contribution in [3.05, 3.63) is 47.8 Å². The predicted molar refractivity (Wildman–Crippen MR) is 109 cm³/mol. The molecule has 2 aliphatic heterocycles. The lowest BCUT2D eigenvalue weighted by Gasteiger charge is -2.45. The summed E-state index contributed by atoms with van der Waals surface area (Å²) in [5.74, 6) is 0.517. The molecule has 1 aromatic heterocycles. The Hall–Kier alpha value is -2.10. The normalized spacial score (nSPS) is 27.4. The highest BCUT2D eigenvalue weighted by Crippen LogP contribution is 2.40. The summed E-state index contributed by atoms with van der Waals surface area (Å²) in [5, 5.41) is 0. The maximum absolute atomic E-state index is 15.6. The van der Waals surface area contributed by atoms with Gasteiger partial charge in [0.15, 0.2) is 11.9 Å². The average Bonchev–Trinajstić information content (AvgIpc) is 3.21. The summed E-state index contributed by atoms with van der Waals surface area (Å²) in [7, 11) is -3.86. The fourth-order valence-electron chi connectivity index (χ4n) is 4.73. The second kappa shape index (κ2) is 7.55. The lowest BCUT2D eigenvalue weighted by atomic mass is 9.97.